The number of carbonyl (C=O) groups excluding carboxylic acids is 3. The van der Waals surface area contributed by atoms with E-state index in [0.29, 0.717) is 49.8 Å². The monoisotopic (exact) mass is 621 g/mol. The van der Waals surface area contributed by atoms with E-state index in [9.17, 15) is 19.5 Å². The number of ether oxygens (including phenoxy) is 1. The molecule has 3 amide bonds. The molecule has 4 aliphatic rings. The Morgan fingerprint density at radius 3 is 2.47 bits per heavy atom. The van der Waals surface area contributed by atoms with Gasteiger partial charge in [0.1, 0.15) is 11.8 Å². The van der Waals surface area contributed by atoms with Crippen LogP contribution < -0.4 is 14.5 Å². The van der Waals surface area contributed by atoms with Crippen LogP contribution >= 0.6 is 23.4 Å². The predicted molar refractivity (Wildman–Crippen MR) is 170 cm³/mol. The second-order valence-electron chi connectivity index (χ2n) is 11.3. The third-order valence-electron chi connectivity index (χ3n) is 8.82. The summed E-state index contributed by atoms with van der Waals surface area (Å²) in [5, 5.41) is 9.53. The van der Waals surface area contributed by atoms with Crippen LogP contribution in [0.25, 0.3) is 0 Å². The van der Waals surface area contributed by atoms with Crippen molar-refractivity contribution in [1.82, 2.24) is 4.90 Å². The minimum Gasteiger partial charge on any atom is -0.494 e. The normalized spacial score (nSPS) is 28.1. The van der Waals surface area contributed by atoms with E-state index in [-0.39, 0.29) is 29.6 Å². The number of hydrogen-bond acceptors (Lipinski definition) is 6. The number of benzene rings is 2. The molecule has 226 valence electrons. The number of aliphatic hydroxyl groups is 1. The highest BCUT2D eigenvalue weighted by Gasteiger charge is 2.71. The van der Waals surface area contributed by atoms with Crippen molar-refractivity contribution in [3.05, 3.63) is 77.9 Å². The second kappa shape index (κ2) is 12.4. The van der Waals surface area contributed by atoms with Crippen LogP contribution in [0.1, 0.15) is 26.2 Å². The summed E-state index contributed by atoms with van der Waals surface area (Å²) in [5.74, 6) is -1.07. The number of unbranched alkanes of at least 4 members (excludes halogenated alkanes) is 2. The zero-order chi connectivity index (χ0) is 30.1. The molecule has 2 fully saturated rings. The van der Waals surface area contributed by atoms with Gasteiger partial charge < -0.3 is 24.5 Å². The fourth-order valence-electron chi connectivity index (χ4n) is 6.96. The molecule has 4 heterocycles. The lowest BCUT2D eigenvalue weighted by Gasteiger charge is -2.35. The molecule has 1 spiro atoms. The zero-order valence-electron chi connectivity index (χ0n) is 24.1. The summed E-state index contributed by atoms with van der Waals surface area (Å²) in [4.78, 5) is 48.5. The van der Waals surface area contributed by atoms with Crippen molar-refractivity contribution in [3.63, 3.8) is 0 Å². The van der Waals surface area contributed by atoms with Crippen LogP contribution in [-0.2, 0) is 14.4 Å². The zero-order valence-corrected chi connectivity index (χ0v) is 25.7. The Kier molecular flexibility index (Phi) is 8.58. The van der Waals surface area contributed by atoms with Crippen molar-refractivity contribution in [3.8, 4) is 5.75 Å². The van der Waals surface area contributed by atoms with E-state index in [1.54, 1.807) is 32.5 Å². The van der Waals surface area contributed by atoms with E-state index < -0.39 is 22.6 Å². The van der Waals surface area contributed by atoms with Gasteiger partial charge >= 0.3 is 0 Å². The summed E-state index contributed by atoms with van der Waals surface area (Å²) in [6.07, 6.45) is 10.0. The van der Waals surface area contributed by atoms with Crippen LogP contribution in [0.15, 0.2) is 72.8 Å². The average molecular weight is 622 g/mol. The lowest BCUT2D eigenvalue weighted by molar-refractivity contribution is -0.138. The van der Waals surface area contributed by atoms with E-state index in [2.05, 4.69) is 0 Å². The van der Waals surface area contributed by atoms with Gasteiger partial charge in [-0.1, -0.05) is 48.0 Å². The Morgan fingerprint density at radius 2 is 1.72 bits per heavy atom. The van der Waals surface area contributed by atoms with Gasteiger partial charge in [-0.25, -0.2) is 0 Å². The number of rotatable bonds is 9. The molecule has 4 aliphatic heterocycles. The number of likely N-dealkylation sites (tertiary alicyclic amines) is 1. The highest BCUT2D eigenvalue weighted by Crippen LogP contribution is 2.61. The van der Waals surface area contributed by atoms with E-state index in [0.717, 1.165) is 17.9 Å². The van der Waals surface area contributed by atoms with Gasteiger partial charge in [0.2, 0.25) is 11.8 Å². The maximum absolute atomic E-state index is 14.5. The minimum absolute atomic E-state index is 0.0771. The fourth-order valence-corrected chi connectivity index (χ4v) is 9.20. The number of anilines is 2. The number of para-hydroxylation sites is 1. The number of amides is 3. The number of aliphatic hydroxyl groups excluding tert-OH is 1. The molecule has 2 aromatic rings. The molecule has 1 N–H and O–H groups in total. The molecule has 6 rings (SSSR count). The van der Waals surface area contributed by atoms with Crippen LogP contribution in [0.4, 0.5) is 11.4 Å². The molecule has 1 unspecified atom stereocenters. The smallest absolute Gasteiger partial charge is 0.251 e. The quantitative estimate of drug-likeness (QED) is 0.322. The summed E-state index contributed by atoms with van der Waals surface area (Å²) in [5.41, 5.74) is 1.34. The SMILES string of the molecule is CCOc1ccc(N2CC=C[C@H]3S[C@]45C=CCN(c6ccccc6Cl)C(=O)C4N(CCCCCO)C(=O)[C@@H]5[C@H]3C2=O)cc1. The molecule has 0 saturated carbocycles. The number of thioether (sulfide) groups is 1. The standard InChI is InChI=1S/C33H36ClN3O5S/c1-2-42-23-15-13-22(14-16-23)35-19-8-12-26-27(30(35)39)28-31(40)37(18-6-3-7-21-38)29-32(41)36(20-9-17-33(28,29)43-26)25-11-5-4-10-24(25)34/h4-5,8-17,26-29,38H,2-3,6-7,18-21H2,1H3/t26-,27+,28+,29?,33+/m1/s1. The molecule has 10 heteroatoms. The Hall–Kier alpha value is -3.27. The van der Waals surface area contributed by atoms with Gasteiger partial charge in [-0.15, -0.1) is 11.8 Å². The number of carbonyl (C=O) groups is 3. The molecule has 0 radical (unpaired) electrons. The van der Waals surface area contributed by atoms with Crippen molar-refractivity contribution in [2.75, 3.05) is 42.6 Å². The van der Waals surface area contributed by atoms with Crippen molar-refractivity contribution >= 4 is 52.5 Å². The van der Waals surface area contributed by atoms with Gasteiger partial charge in [-0.05, 0) is 62.6 Å². The molecule has 5 atom stereocenters. The minimum atomic E-state index is -0.904. The van der Waals surface area contributed by atoms with Crippen LogP contribution in [-0.4, -0.2) is 76.6 Å². The first-order chi connectivity index (χ1) is 20.9. The number of fused-ring (bicyclic) bond motifs is 2. The van der Waals surface area contributed by atoms with E-state index in [1.807, 2.05) is 73.7 Å². The third-order valence-corrected chi connectivity index (χ3v) is 10.9. The largest absolute Gasteiger partial charge is 0.494 e. The maximum atomic E-state index is 14.5. The van der Waals surface area contributed by atoms with Crippen LogP contribution in [0.5, 0.6) is 5.75 Å². The molecular weight excluding hydrogens is 586 g/mol. The van der Waals surface area contributed by atoms with Crippen molar-refractivity contribution in [1.29, 1.82) is 0 Å². The Balaban J connectivity index is 1.38. The first-order valence-electron chi connectivity index (χ1n) is 14.9. The first-order valence-corrected chi connectivity index (χ1v) is 16.2. The highest BCUT2D eigenvalue weighted by atomic mass is 35.5. The van der Waals surface area contributed by atoms with Crippen molar-refractivity contribution in [2.24, 2.45) is 11.8 Å². The summed E-state index contributed by atoms with van der Waals surface area (Å²) < 4.78 is 4.69. The van der Waals surface area contributed by atoms with Gasteiger partial charge in [0.15, 0.2) is 0 Å². The van der Waals surface area contributed by atoms with Gasteiger partial charge in [0.25, 0.3) is 5.91 Å². The van der Waals surface area contributed by atoms with Gasteiger partial charge in [0.05, 0.1) is 33.9 Å². The second-order valence-corrected chi connectivity index (χ2v) is 13.2. The Morgan fingerprint density at radius 1 is 0.953 bits per heavy atom. The summed E-state index contributed by atoms with van der Waals surface area (Å²) >= 11 is 8.12. The van der Waals surface area contributed by atoms with Crippen molar-refractivity contribution < 1.29 is 24.2 Å². The third kappa shape index (κ3) is 5.15. The van der Waals surface area contributed by atoms with Gasteiger partial charge in [0, 0.05) is 37.2 Å². The van der Waals surface area contributed by atoms with E-state index in [4.69, 9.17) is 16.3 Å². The average Bonchev–Trinajstić information content (AvgIpc) is 3.31. The molecule has 2 saturated heterocycles. The molecular formula is C33H36ClN3O5S. The fraction of sp³-hybridized carbons (Fsp3) is 0.424. The molecule has 8 nitrogen and oxygen atoms in total. The highest BCUT2D eigenvalue weighted by molar-refractivity contribution is 8.02. The van der Waals surface area contributed by atoms with E-state index >= 15 is 0 Å². The van der Waals surface area contributed by atoms with E-state index in [1.165, 1.54) is 0 Å². The lowest BCUT2D eigenvalue weighted by Crippen LogP contribution is -2.53. The first kappa shape index (κ1) is 29.8. The van der Waals surface area contributed by atoms with Gasteiger partial charge in [-0.2, -0.15) is 0 Å². The lowest BCUT2D eigenvalue weighted by atomic mass is 9.78. The molecule has 43 heavy (non-hydrogen) atoms. The van der Waals surface area contributed by atoms with Crippen LogP contribution in [0.2, 0.25) is 5.02 Å². The molecule has 0 bridgehead atoms. The summed E-state index contributed by atoms with van der Waals surface area (Å²) in [7, 11) is 0. The van der Waals surface area contributed by atoms with Crippen LogP contribution in [0.3, 0.4) is 0 Å². The number of halogens is 1. The molecule has 2 aromatic carbocycles. The topological polar surface area (TPSA) is 90.4 Å². The molecule has 0 aromatic heterocycles. The summed E-state index contributed by atoms with van der Waals surface area (Å²) in [6, 6.07) is 13.9. The Bertz CT molecular complexity index is 1450. The number of hydrogen-bond donors (Lipinski definition) is 1. The van der Waals surface area contributed by atoms with Crippen LogP contribution in [0, 0.1) is 11.8 Å². The maximum Gasteiger partial charge on any atom is 0.251 e. The predicted octanol–water partition coefficient (Wildman–Crippen LogP) is 4.70. The Labute approximate surface area is 261 Å². The van der Waals surface area contributed by atoms with Crippen molar-refractivity contribution in [2.45, 2.75) is 42.2 Å². The van der Waals surface area contributed by atoms with Gasteiger partial charge in [-0.3, -0.25) is 14.4 Å². The number of nitrogens with zero attached hydrogens (tertiary/aromatic N) is 3. The summed E-state index contributed by atoms with van der Waals surface area (Å²) in [6.45, 7) is 3.65. The molecule has 0 aliphatic carbocycles.